The highest BCUT2D eigenvalue weighted by molar-refractivity contribution is 7.96. The molecule has 1 aliphatic carbocycles. The van der Waals surface area contributed by atoms with Crippen LogP contribution in [0.4, 0.5) is 0 Å². The van der Waals surface area contributed by atoms with E-state index in [1.54, 1.807) is 6.26 Å². The molecule has 3 heteroatoms. The molecule has 1 aromatic carbocycles. The molecule has 0 aromatic heterocycles. The van der Waals surface area contributed by atoms with Crippen LogP contribution in [-0.2, 0) is 14.0 Å². The summed E-state index contributed by atoms with van der Waals surface area (Å²) in [6.07, 6.45) is 7.04. The van der Waals surface area contributed by atoms with Gasteiger partial charge in [-0.2, -0.15) is 0 Å². The fourth-order valence-electron chi connectivity index (χ4n) is 1.76. The lowest BCUT2D eigenvalue weighted by Crippen LogP contribution is -2.10. The molecular formula is C15H21O2S. The van der Waals surface area contributed by atoms with Crippen molar-refractivity contribution in [3.63, 3.8) is 0 Å². The Morgan fingerprint density at radius 1 is 1.39 bits per heavy atom. The van der Waals surface area contributed by atoms with Gasteiger partial charge in [0.05, 0.1) is 15.9 Å². The van der Waals surface area contributed by atoms with Crippen molar-refractivity contribution in [3.05, 3.63) is 42.3 Å². The van der Waals surface area contributed by atoms with Crippen molar-refractivity contribution >= 4 is 15.2 Å². The van der Waals surface area contributed by atoms with E-state index in [-0.39, 0.29) is 6.10 Å². The van der Waals surface area contributed by atoms with Crippen molar-refractivity contribution < 1.29 is 8.39 Å². The van der Waals surface area contributed by atoms with E-state index in [4.69, 9.17) is 4.18 Å². The zero-order valence-electron chi connectivity index (χ0n) is 11.0. The fourth-order valence-corrected chi connectivity index (χ4v) is 3.23. The van der Waals surface area contributed by atoms with Crippen LogP contribution in [0, 0.1) is 12.3 Å². The van der Waals surface area contributed by atoms with Gasteiger partial charge >= 0.3 is 0 Å². The highest BCUT2D eigenvalue weighted by atomic mass is 32.2. The Balaban J connectivity index is 1.85. The summed E-state index contributed by atoms with van der Waals surface area (Å²) in [4.78, 5) is 0. The first-order chi connectivity index (χ1) is 8.55. The van der Waals surface area contributed by atoms with Gasteiger partial charge in [-0.25, -0.2) is 4.21 Å². The van der Waals surface area contributed by atoms with Gasteiger partial charge in [0.1, 0.15) is 0 Å². The number of rotatable bonds is 6. The van der Waals surface area contributed by atoms with Crippen LogP contribution < -0.4 is 0 Å². The van der Waals surface area contributed by atoms with Gasteiger partial charge in [-0.3, -0.25) is 4.18 Å². The molecule has 0 amide bonds. The van der Waals surface area contributed by atoms with Gasteiger partial charge in [0.2, 0.25) is 0 Å². The van der Waals surface area contributed by atoms with Gasteiger partial charge in [-0.15, -0.1) is 0 Å². The third kappa shape index (κ3) is 4.83. The molecule has 0 N–H and O–H groups in total. The summed E-state index contributed by atoms with van der Waals surface area (Å²) in [5.74, 6) is 0.371. The molecule has 0 bridgehead atoms. The topological polar surface area (TPSA) is 26.3 Å². The Morgan fingerprint density at radius 3 is 2.67 bits per heavy atom. The summed E-state index contributed by atoms with van der Waals surface area (Å²) in [6.45, 7) is 2.14. The van der Waals surface area contributed by atoms with Crippen LogP contribution in [-0.4, -0.2) is 21.9 Å². The highest BCUT2D eigenvalue weighted by Crippen LogP contribution is 2.25. The molecule has 2 rings (SSSR count). The van der Waals surface area contributed by atoms with Gasteiger partial charge in [0.25, 0.3) is 0 Å². The van der Waals surface area contributed by atoms with Crippen LogP contribution in [0.1, 0.15) is 31.7 Å². The lowest BCUT2D eigenvalue weighted by molar-refractivity contribution is 0.334. The van der Waals surface area contributed by atoms with Gasteiger partial charge < -0.3 is 0 Å². The van der Waals surface area contributed by atoms with E-state index in [1.165, 1.54) is 5.56 Å². The van der Waals surface area contributed by atoms with Gasteiger partial charge in [-0.1, -0.05) is 37.3 Å². The van der Waals surface area contributed by atoms with Crippen LogP contribution >= 0.6 is 0 Å². The van der Waals surface area contributed by atoms with Crippen molar-refractivity contribution in [2.75, 3.05) is 6.26 Å². The van der Waals surface area contributed by atoms with E-state index in [9.17, 15) is 4.21 Å². The monoisotopic (exact) mass is 265 g/mol. The minimum absolute atomic E-state index is 0.243. The molecule has 2 nitrogen and oxygen atoms in total. The van der Waals surface area contributed by atoms with Gasteiger partial charge in [0.15, 0.2) is 0 Å². The van der Waals surface area contributed by atoms with Crippen molar-refractivity contribution in [3.8, 4) is 0 Å². The predicted molar refractivity (Wildman–Crippen MR) is 77.9 cm³/mol. The number of hydrogen-bond acceptors (Lipinski definition) is 2. The van der Waals surface area contributed by atoms with Crippen LogP contribution in [0.15, 0.2) is 30.3 Å². The predicted octanol–water partition coefficient (Wildman–Crippen LogP) is 3.08. The second kappa shape index (κ2) is 5.89. The summed E-state index contributed by atoms with van der Waals surface area (Å²) in [5, 5.41) is 1.84. The van der Waals surface area contributed by atoms with E-state index in [0.717, 1.165) is 19.3 Å². The normalized spacial score (nSPS) is 20.1. The van der Waals surface area contributed by atoms with E-state index < -0.39 is 9.80 Å². The molecule has 99 valence electrons. The minimum atomic E-state index is -2.20. The maximum absolute atomic E-state index is 12.1. The third-order valence-corrected chi connectivity index (χ3v) is 4.35. The average molecular weight is 265 g/mol. The van der Waals surface area contributed by atoms with Gasteiger partial charge in [-0.05, 0) is 42.5 Å². The molecular weight excluding hydrogens is 244 g/mol. The lowest BCUT2D eigenvalue weighted by atomic mass is 9.99. The Hall–Kier alpha value is -0.800. The Bertz CT molecular complexity index is 482. The molecule has 18 heavy (non-hydrogen) atoms. The Labute approximate surface area is 111 Å². The van der Waals surface area contributed by atoms with Crippen LogP contribution in [0.2, 0.25) is 0 Å². The Morgan fingerprint density at radius 2 is 2.06 bits per heavy atom. The molecule has 1 saturated carbocycles. The van der Waals surface area contributed by atoms with Crippen molar-refractivity contribution in [1.29, 1.82) is 0 Å². The molecule has 1 aliphatic rings. The molecule has 0 aliphatic heterocycles. The zero-order valence-corrected chi connectivity index (χ0v) is 11.9. The first-order valence-electron chi connectivity index (χ1n) is 6.46. The summed E-state index contributed by atoms with van der Waals surface area (Å²) in [5.41, 5.74) is 1.21. The Kier molecular flexibility index (Phi) is 4.46. The fraction of sp³-hybridized carbons (Fsp3) is 0.467. The SMILES string of the molecule is CC([CH]c1ccccc1)CC=S(C)(=O)OC1CC1. The maximum Gasteiger partial charge on any atom is 0.0774 e. The lowest BCUT2D eigenvalue weighted by Gasteiger charge is -2.10. The standard InChI is InChI=1S/C15H21O2S/c1-13(12-14-6-4-3-5-7-14)10-11-18(2,16)17-15-8-9-15/h3-7,11-13,15H,8-10H2,1-2H3. The van der Waals surface area contributed by atoms with E-state index in [1.807, 2.05) is 23.6 Å². The first kappa shape index (κ1) is 13.6. The highest BCUT2D eigenvalue weighted by Gasteiger charge is 2.25. The van der Waals surface area contributed by atoms with Crippen LogP contribution in [0.3, 0.4) is 0 Å². The molecule has 0 heterocycles. The molecule has 1 fully saturated rings. The molecule has 0 saturated heterocycles. The minimum Gasteiger partial charge on any atom is -0.295 e. The van der Waals surface area contributed by atoms with Crippen molar-refractivity contribution in [1.82, 2.24) is 0 Å². The largest absolute Gasteiger partial charge is 0.295 e. The third-order valence-electron chi connectivity index (χ3n) is 2.90. The number of hydrogen-bond donors (Lipinski definition) is 0. The quantitative estimate of drug-likeness (QED) is 0.739. The van der Waals surface area contributed by atoms with Gasteiger partial charge in [0, 0.05) is 6.26 Å². The zero-order chi connectivity index (χ0) is 13.0. The summed E-state index contributed by atoms with van der Waals surface area (Å²) >= 11 is 0. The van der Waals surface area contributed by atoms with E-state index in [2.05, 4.69) is 25.5 Å². The second-order valence-corrected chi connectivity index (χ2v) is 7.27. The van der Waals surface area contributed by atoms with Crippen molar-refractivity contribution in [2.24, 2.45) is 5.92 Å². The van der Waals surface area contributed by atoms with Crippen LogP contribution in [0.25, 0.3) is 0 Å². The van der Waals surface area contributed by atoms with Crippen molar-refractivity contribution in [2.45, 2.75) is 32.3 Å². The maximum atomic E-state index is 12.1. The second-order valence-electron chi connectivity index (χ2n) is 5.08. The summed E-state index contributed by atoms with van der Waals surface area (Å²) in [7, 11) is -2.20. The smallest absolute Gasteiger partial charge is 0.0774 e. The molecule has 1 radical (unpaired) electrons. The molecule has 2 unspecified atom stereocenters. The molecule has 2 atom stereocenters. The summed E-state index contributed by atoms with van der Waals surface area (Å²) < 4.78 is 17.6. The first-order valence-corrected chi connectivity index (χ1v) is 8.41. The van der Waals surface area contributed by atoms with E-state index >= 15 is 0 Å². The summed E-state index contributed by atoms with van der Waals surface area (Å²) in [6, 6.07) is 10.2. The number of benzene rings is 1. The molecule has 0 spiro atoms. The molecule has 1 aromatic rings. The van der Waals surface area contributed by atoms with Crippen LogP contribution in [0.5, 0.6) is 0 Å². The van der Waals surface area contributed by atoms with E-state index in [0.29, 0.717) is 5.92 Å². The average Bonchev–Trinajstić information content (AvgIpc) is 3.11.